The van der Waals surface area contributed by atoms with E-state index < -0.39 is 5.82 Å². The van der Waals surface area contributed by atoms with Crippen molar-refractivity contribution in [2.45, 2.75) is 11.8 Å². The molecule has 1 aromatic carbocycles. The van der Waals surface area contributed by atoms with Crippen LogP contribution < -0.4 is 0 Å². The van der Waals surface area contributed by atoms with Crippen molar-refractivity contribution < 1.29 is 4.39 Å². The van der Waals surface area contributed by atoms with Crippen LogP contribution >= 0.6 is 23.2 Å². The Hall–Kier alpha value is -1.12. The van der Waals surface area contributed by atoms with Crippen molar-refractivity contribution in [2.75, 3.05) is 0 Å². The second kappa shape index (κ2) is 5.48. The molecule has 0 bridgehead atoms. The number of hydrogen-bond acceptors (Lipinski definition) is 1. The van der Waals surface area contributed by atoms with Crippen LogP contribution in [-0.4, -0.2) is 4.98 Å². The molecule has 0 aliphatic carbocycles. The Labute approximate surface area is 109 Å². The predicted octanol–water partition coefficient (Wildman–Crippen LogP) is 4.40. The molecule has 0 aliphatic rings. The third-order valence-electron chi connectivity index (χ3n) is 2.43. The van der Waals surface area contributed by atoms with Crippen LogP contribution in [0.4, 0.5) is 4.39 Å². The Morgan fingerprint density at radius 1 is 1.18 bits per heavy atom. The normalized spacial score (nSPS) is 12.4. The fourth-order valence-electron chi connectivity index (χ4n) is 1.57. The summed E-state index contributed by atoms with van der Waals surface area (Å²) >= 11 is 12.1. The first kappa shape index (κ1) is 12.3. The van der Waals surface area contributed by atoms with E-state index in [-0.39, 0.29) is 10.4 Å². The number of aromatic nitrogens is 1. The molecule has 2 aromatic rings. The number of benzene rings is 1. The number of rotatable bonds is 3. The zero-order chi connectivity index (χ0) is 12.3. The summed E-state index contributed by atoms with van der Waals surface area (Å²) < 4.78 is 13.3. The highest BCUT2D eigenvalue weighted by molar-refractivity contribution is 6.32. The van der Waals surface area contributed by atoms with Gasteiger partial charge in [-0.2, -0.15) is 0 Å². The summed E-state index contributed by atoms with van der Waals surface area (Å²) in [6, 6.07) is 10.2. The van der Waals surface area contributed by atoms with Crippen LogP contribution in [0.1, 0.15) is 16.6 Å². The minimum absolute atomic E-state index is 0.0865. The molecule has 88 valence electrons. The Kier molecular flexibility index (Phi) is 3.97. The van der Waals surface area contributed by atoms with Gasteiger partial charge in [0.2, 0.25) is 0 Å². The van der Waals surface area contributed by atoms with Crippen LogP contribution in [0.2, 0.25) is 5.02 Å². The molecule has 0 radical (unpaired) electrons. The molecule has 4 heteroatoms. The topological polar surface area (TPSA) is 12.9 Å². The zero-order valence-electron chi connectivity index (χ0n) is 8.91. The van der Waals surface area contributed by atoms with Gasteiger partial charge in [-0.1, -0.05) is 29.8 Å². The van der Waals surface area contributed by atoms with Crippen LogP contribution in [0.25, 0.3) is 0 Å². The van der Waals surface area contributed by atoms with Gasteiger partial charge in [0, 0.05) is 18.3 Å². The first-order valence-corrected chi connectivity index (χ1v) is 5.98. The molecule has 1 heterocycles. The standard InChI is InChI=1S/C13H10Cl2FN/c14-11(8-9-4-1-2-7-17-9)10-5-3-6-12(16)13(10)15/h1-7,11H,8H2. The Morgan fingerprint density at radius 2 is 2.00 bits per heavy atom. The van der Waals surface area contributed by atoms with Crippen LogP contribution in [-0.2, 0) is 6.42 Å². The van der Waals surface area contributed by atoms with E-state index in [1.807, 2.05) is 18.2 Å². The van der Waals surface area contributed by atoms with E-state index in [4.69, 9.17) is 23.2 Å². The molecule has 1 unspecified atom stereocenters. The van der Waals surface area contributed by atoms with Gasteiger partial charge in [0.25, 0.3) is 0 Å². The number of hydrogen-bond donors (Lipinski definition) is 0. The van der Waals surface area contributed by atoms with Crippen molar-refractivity contribution in [3.05, 3.63) is 64.7 Å². The maximum Gasteiger partial charge on any atom is 0.142 e. The van der Waals surface area contributed by atoms with E-state index in [9.17, 15) is 4.39 Å². The molecule has 1 nitrogen and oxygen atoms in total. The summed E-state index contributed by atoms with van der Waals surface area (Å²) in [7, 11) is 0. The minimum Gasteiger partial charge on any atom is -0.261 e. The SMILES string of the molecule is Fc1cccc(C(Cl)Cc2ccccn2)c1Cl. The highest BCUT2D eigenvalue weighted by Crippen LogP contribution is 2.31. The van der Waals surface area contributed by atoms with E-state index >= 15 is 0 Å². The van der Waals surface area contributed by atoms with Gasteiger partial charge in [0.1, 0.15) is 5.82 Å². The molecule has 0 aliphatic heterocycles. The summed E-state index contributed by atoms with van der Waals surface area (Å²) in [6.45, 7) is 0. The summed E-state index contributed by atoms with van der Waals surface area (Å²) in [4.78, 5) is 4.18. The van der Waals surface area contributed by atoms with Gasteiger partial charge in [0.15, 0.2) is 0 Å². The van der Waals surface area contributed by atoms with Crippen molar-refractivity contribution in [3.63, 3.8) is 0 Å². The van der Waals surface area contributed by atoms with E-state index in [1.54, 1.807) is 18.3 Å². The molecule has 0 spiro atoms. The Balaban J connectivity index is 2.20. The molecule has 0 amide bonds. The fraction of sp³-hybridized carbons (Fsp3) is 0.154. The van der Waals surface area contributed by atoms with E-state index in [0.717, 1.165) is 5.69 Å². The van der Waals surface area contributed by atoms with Crippen LogP contribution in [0.3, 0.4) is 0 Å². The highest BCUT2D eigenvalue weighted by Gasteiger charge is 2.15. The molecule has 0 fully saturated rings. The maximum absolute atomic E-state index is 13.3. The summed E-state index contributed by atoms with van der Waals surface area (Å²) in [5.41, 5.74) is 1.45. The van der Waals surface area contributed by atoms with Gasteiger partial charge in [-0.15, -0.1) is 11.6 Å². The molecule has 2 rings (SSSR count). The predicted molar refractivity (Wildman–Crippen MR) is 67.9 cm³/mol. The third-order valence-corrected chi connectivity index (χ3v) is 3.22. The molecule has 0 saturated carbocycles. The number of halogens is 3. The summed E-state index contributed by atoms with van der Waals surface area (Å²) in [5.74, 6) is -0.448. The quantitative estimate of drug-likeness (QED) is 0.753. The molecule has 0 saturated heterocycles. The minimum atomic E-state index is -0.448. The number of alkyl halides is 1. The third kappa shape index (κ3) is 2.96. The largest absolute Gasteiger partial charge is 0.261 e. The van der Waals surface area contributed by atoms with Crippen molar-refractivity contribution in [2.24, 2.45) is 0 Å². The molecule has 0 N–H and O–H groups in total. The van der Waals surface area contributed by atoms with E-state index in [1.165, 1.54) is 6.07 Å². The molecule has 17 heavy (non-hydrogen) atoms. The molecular formula is C13H10Cl2FN. The van der Waals surface area contributed by atoms with Gasteiger partial charge in [0.05, 0.1) is 10.4 Å². The Morgan fingerprint density at radius 3 is 2.71 bits per heavy atom. The average molecular weight is 270 g/mol. The lowest BCUT2D eigenvalue weighted by molar-refractivity contribution is 0.625. The molecule has 1 aromatic heterocycles. The number of nitrogens with zero attached hydrogens (tertiary/aromatic N) is 1. The van der Waals surface area contributed by atoms with Crippen LogP contribution in [0.15, 0.2) is 42.6 Å². The van der Waals surface area contributed by atoms with Gasteiger partial charge in [-0.25, -0.2) is 4.39 Å². The van der Waals surface area contributed by atoms with Gasteiger partial charge in [-0.05, 0) is 23.8 Å². The van der Waals surface area contributed by atoms with Gasteiger partial charge < -0.3 is 0 Å². The van der Waals surface area contributed by atoms with E-state index in [2.05, 4.69) is 4.98 Å². The van der Waals surface area contributed by atoms with Gasteiger partial charge >= 0.3 is 0 Å². The second-order valence-corrected chi connectivity index (χ2v) is 4.54. The van der Waals surface area contributed by atoms with E-state index in [0.29, 0.717) is 12.0 Å². The zero-order valence-corrected chi connectivity index (χ0v) is 10.4. The lowest BCUT2D eigenvalue weighted by Crippen LogP contribution is -1.99. The lowest BCUT2D eigenvalue weighted by Gasteiger charge is -2.11. The Bertz CT molecular complexity index is 502. The molecule has 1 atom stereocenters. The fourth-order valence-corrected chi connectivity index (χ4v) is 2.23. The first-order valence-electron chi connectivity index (χ1n) is 5.16. The summed E-state index contributed by atoms with van der Waals surface area (Å²) in [5, 5.41) is -0.295. The van der Waals surface area contributed by atoms with Gasteiger partial charge in [-0.3, -0.25) is 4.98 Å². The van der Waals surface area contributed by atoms with Crippen molar-refractivity contribution in [1.82, 2.24) is 4.98 Å². The number of pyridine rings is 1. The van der Waals surface area contributed by atoms with Crippen molar-refractivity contribution >= 4 is 23.2 Å². The van der Waals surface area contributed by atoms with Crippen LogP contribution in [0, 0.1) is 5.82 Å². The second-order valence-electron chi connectivity index (χ2n) is 3.64. The smallest absolute Gasteiger partial charge is 0.142 e. The van der Waals surface area contributed by atoms with Crippen molar-refractivity contribution in [1.29, 1.82) is 0 Å². The summed E-state index contributed by atoms with van der Waals surface area (Å²) in [6.07, 6.45) is 2.22. The highest BCUT2D eigenvalue weighted by atomic mass is 35.5. The van der Waals surface area contributed by atoms with Crippen LogP contribution in [0.5, 0.6) is 0 Å². The monoisotopic (exact) mass is 269 g/mol. The average Bonchev–Trinajstić information content (AvgIpc) is 2.34. The lowest BCUT2D eigenvalue weighted by atomic mass is 10.1. The molecular weight excluding hydrogens is 260 g/mol. The van der Waals surface area contributed by atoms with Crippen molar-refractivity contribution in [3.8, 4) is 0 Å². The first-order chi connectivity index (χ1) is 8.18. The maximum atomic E-state index is 13.3.